The van der Waals surface area contributed by atoms with E-state index in [2.05, 4.69) is 24.3 Å². The summed E-state index contributed by atoms with van der Waals surface area (Å²) >= 11 is 6.33. The van der Waals surface area contributed by atoms with Crippen LogP contribution in [0.25, 0.3) is 6.08 Å². The number of rotatable bonds is 7. The van der Waals surface area contributed by atoms with Gasteiger partial charge in [-0.3, -0.25) is 19.6 Å². The Morgan fingerprint density at radius 1 is 1.38 bits per heavy atom. The van der Waals surface area contributed by atoms with Gasteiger partial charge < -0.3 is 5.32 Å². The van der Waals surface area contributed by atoms with Crippen molar-refractivity contribution in [3.05, 3.63) is 62.4 Å². The van der Waals surface area contributed by atoms with E-state index in [0.717, 1.165) is 16.8 Å². The van der Waals surface area contributed by atoms with E-state index in [1.54, 1.807) is 22.9 Å². The Bertz CT molecular complexity index is 826. The van der Waals surface area contributed by atoms with Crippen LogP contribution in [0.1, 0.15) is 30.7 Å². The van der Waals surface area contributed by atoms with Crippen molar-refractivity contribution in [2.75, 3.05) is 0 Å². The molecule has 0 spiro atoms. The van der Waals surface area contributed by atoms with Crippen LogP contribution in [-0.4, -0.2) is 20.6 Å². The maximum atomic E-state index is 12.0. The van der Waals surface area contributed by atoms with Crippen LogP contribution in [0, 0.1) is 23.0 Å². The Morgan fingerprint density at radius 2 is 2.04 bits per heavy atom. The number of nitro benzene ring substituents is 1. The molecule has 8 heteroatoms. The first-order chi connectivity index (χ1) is 12.3. The lowest BCUT2D eigenvalue weighted by Crippen LogP contribution is -2.20. The second-order valence-corrected chi connectivity index (χ2v) is 6.70. The van der Waals surface area contributed by atoms with E-state index in [9.17, 15) is 14.9 Å². The largest absolute Gasteiger partial charge is 0.348 e. The molecule has 0 radical (unpaired) electrons. The fourth-order valence-electron chi connectivity index (χ4n) is 2.37. The van der Waals surface area contributed by atoms with E-state index in [-0.39, 0.29) is 18.1 Å². The fraction of sp³-hybridized carbons (Fsp3) is 0.333. The van der Waals surface area contributed by atoms with Crippen molar-refractivity contribution in [2.24, 2.45) is 5.92 Å². The number of non-ortho nitro benzene ring substituents is 1. The molecule has 1 N–H and O–H groups in total. The highest BCUT2D eigenvalue weighted by Crippen LogP contribution is 2.22. The van der Waals surface area contributed by atoms with Crippen molar-refractivity contribution >= 4 is 29.3 Å². The van der Waals surface area contributed by atoms with Gasteiger partial charge in [0.05, 0.1) is 10.6 Å². The molecule has 0 bridgehead atoms. The van der Waals surface area contributed by atoms with Gasteiger partial charge in [-0.2, -0.15) is 5.10 Å². The van der Waals surface area contributed by atoms with Gasteiger partial charge in [-0.05, 0) is 24.5 Å². The summed E-state index contributed by atoms with van der Waals surface area (Å²) in [6.45, 7) is 6.99. The van der Waals surface area contributed by atoms with Crippen LogP contribution in [-0.2, 0) is 17.9 Å². The topological polar surface area (TPSA) is 90.1 Å². The van der Waals surface area contributed by atoms with E-state index >= 15 is 0 Å². The van der Waals surface area contributed by atoms with Crippen LogP contribution in [0.5, 0.6) is 0 Å². The molecule has 0 unspecified atom stereocenters. The van der Waals surface area contributed by atoms with Crippen LogP contribution in [0.4, 0.5) is 5.69 Å². The summed E-state index contributed by atoms with van der Waals surface area (Å²) in [5.74, 6) is 0.129. The number of aromatic nitrogens is 2. The molecular weight excluding hydrogens is 356 g/mol. The van der Waals surface area contributed by atoms with Gasteiger partial charge in [0.15, 0.2) is 0 Å². The highest BCUT2D eigenvalue weighted by atomic mass is 35.5. The minimum Gasteiger partial charge on any atom is -0.348 e. The third-order valence-electron chi connectivity index (χ3n) is 3.66. The average Bonchev–Trinajstić information content (AvgIpc) is 2.84. The first-order valence-corrected chi connectivity index (χ1v) is 8.58. The van der Waals surface area contributed by atoms with E-state index in [4.69, 9.17) is 11.6 Å². The lowest BCUT2D eigenvalue weighted by atomic mass is 10.2. The van der Waals surface area contributed by atoms with Crippen molar-refractivity contribution in [3.8, 4) is 0 Å². The maximum absolute atomic E-state index is 12.0. The van der Waals surface area contributed by atoms with Gasteiger partial charge >= 0.3 is 0 Å². The number of aryl methyl sites for hydroxylation is 1. The van der Waals surface area contributed by atoms with E-state index in [1.807, 2.05) is 6.92 Å². The van der Waals surface area contributed by atoms with Crippen molar-refractivity contribution in [3.63, 3.8) is 0 Å². The van der Waals surface area contributed by atoms with E-state index in [1.165, 1.54) is 18.2 Å². The highest BCUT2D eigenvalue weighted by molar-refractivity contribution is 6.31. The summed E-state index contributed by atoms with van der Waals surface area (Å²) in [5, 5.41) is 18.3. The average molecular weight is 377 g/mol. The molecule has 0 atom stereocenters. The predicted molar refractivity (Wildman–Crippen MR) is 101 cm³/mol. The fourth-order valence-corrected chi connectivity index (χ4v) is 2.67. The molecule has 1 aromatic carbocycles. The second kappa shape index (κ2) is 8.62. The SMILES string of the molecule is Cc1nn(CC(C)C)c(Cl)c1/C=C/C(=O)NCc1ccc([N+](=O)[O-])cc1. The molecule has 138 valence electrons. The van der Waals surface area contributed by atoms with Gasteiger partial charge in [0.25, 0.3) is 5.69 Å². The van der Waals surface area contributed by atoms with E-state index < -0.39 is 4.92 Å². The van der Waals surface area contributed by atoms with Gasteiger partial charge in [-0.15, -0.1) is 0 Å². The lowest BCUT2D eigenvalue weighted by Gasteiger charge is -2.05. The molecule has 1 heterocycles. The van der Waals surface area contributed by atoms with Crippen LogP contribution in [0.2, 0.25) is 5.15 Å². The summed E-state index contributed by atoms with van der Waals surface area (Å²) in [6, 6.07) is 6.03. The number of carbonyl (C=O) groups is 1. The smallest absolute Gasteiger partial charge is 0.269 e. The maximum Gasteiger partial charge on any atom is 0.269 e. The molecule has 0 aliphatic heterocycles. The van der Waals surface area contributed by atoms with Crippen LogP contribution in [0.15, 0.2) is 30.3 Å². The van der Waals surface area contributed by atoms with Gasteiger partial charge in [-0.25, -0.2) is 0 Å². The molecule has 0 saturated carbocycles. The van der Waals surface area contributed by atoms with Crippen molar-refractivity contribution in [2.45, 2.75) is 33.9 Å². The molecule has 0 aliphatic carbocycles. The molecule has 7 nitrogen and oxygen atoms in total. The molecule has 2 aromatic rings. The summed E-state index contributed by atoms with van der Waals surface area (Å²) in [7, 11) is 0. The second-order valence-electron chi connectivity index (χ2n) is 6.34. The summed E-state index contributed by atoms with van der Waals surface area (Å²) in [4.78, 5) is 22.2. The third kappa shape index (κ3) is 5.16. The molecule has 2 rings (SSSR count). The number of nitro groups is 1. The highest BCUT2D eigenvalue weighted by Gasteiger charge is 2.12. The zero-order valence-electron chi connectivity index (χ0n) is 14.9. The Kier molecular flexibility index (Phi) is 6.52. The van der Waals surface area contributed by atoms with Crippen molar-refractivity contribution in [1.29, 1.82) is 0 Å². The molecule has 0 aliphatic rings. The molecule has 1 amide bonds. The number of hydrogen-bond acceptors (Lipinski definition) is 4. The number of amides is 1. The first-order valence-electron chi connectivity index (χ1n) is 8.20. The van der Waals surface area contributed by atoms with Crippen LogP contribution < -0.4 is 5.32 Å². The van der Waals surface area contributed by atoms with Crippen molar-refractivity contribution < 1.29 is 9.72 Å². The molecule has 26 heavy (non-hydrogen) atoms. The van der Waals surface area contributed by atoms with Crippen LogP contribution >= 0.6 is 11.6 Å². The Balaban J connectivity index is 1.97. The molecular formula is C18H21ClN4O3. The summed E-state index contributed by atoms with van der Waals surface area (Å²) < 4.78 is 1.73. The number of carbonyl (C=O) groups excluding carboxylic acids is 1. The zero-order valence-corrected chi connectivity index (χ0v) is 15.7. The number of halogens is 1. The molecule has 0 fully saturated rings. The van der Waals surface area contributed by atoms with Gasteiger partial charge in [-0.1, -0.05) is 37.6 Å². The summed E-state index contributed by atoms with van der Waals surface area (Å²) in [5.41, 5.74) is 2.27. The minimum atomic E-state index is -0.462. The molecule has 1 aromatic heterocycles. The monoisotopic (exact) mass is 376 g/mol. The minimum absolute atomic E-state index is 0.0171. The predicted octanol–water partition coefficient (Wildman–Crippen LogP) is 3.74. The molecule has 0 saturated heterocycles. The quantitative estimate of drug-likeness (QED) is 0.452. The Hall–Kier alpha value is -2.67. The Morgan fingerprint density at radius 3 is 2.62 bits per heavy atom. The number of benzene rings is 1. The van der Waals surface area contributed by atoms with E-state index in [0.29, 0.717) is 17.6 Å². The van der Waals surface area contributed by atoms with Gasteiger partial charge in [0, 0.05) is 36.9 Å². The van der Waals surface area contributed by atoms with Crippen LogP contribution in [0.3, 0.4) is 0 Å². The number of nitrogens with zero attached hydrogens (tertiary/aromatic N) is 3. The van der Waals surface area contributed by atoms with Gasteiger partial charge in [0.1, 0.15) is 5.15 Å². The van der Waals surface area contributed by atoms with Gasteiger partial charge in [0.2, 0.25) is 5.91 Å². The zero-order chi connectivity index (χ0) is 19.3. The number of nitrogens with one attached hydrogen (secondary N) is 1. The van der Waals surface area contributed by atoms with Crippen molar-refractivity contribution in [1.82, 2.24) is 15.1 Å². The summed E-state index contributed by atoms with van der Waals surface area (Å²) in [6.07, 6.45) is 3.05. The number of hydrogen-bond donors (Lipinski definition) is 1. The normalized spacial score (nSPS) is 11.3. The first kappa shape index (κ1) is 19.7. The standard InChI is InChI=1S/C18H21ClN4O3/c1-12(2)11-22-18(19)16(13(3)21-22)8-9-17(24)20-10-14-4-6-15(7-5-14)23(25)26/h4-9,12H,10-11H2,1-3H3,(H,20,24)/b9-8+. The lowest BCUT2D eigenvalue weighted by molar-refractivity contribution is -0.384. The third-order valence-corrected chi connectivity index (χ3v) is 4.06. The Labute approximate surface area is 156 Å².